The van der Waals surface area contributed by atoms with Gasteiger partial charge >= 0.3 is 0 Å². The predicted octanol–water partition coefficient (Wildman–Crippen LogP) is 3.87. The lowest BCUT2D eigenvalue weighted by Crippen LogP contribution is -2.30. The number of carbonyl (C=O) groups is 1. The number of rotatable bonds is 3. The van der Waals surface area contributed by atoms with Gasteiger partial charge in [-0.25, -0.2) is 0 Å². The molecule has 6 heteroatoms. The third-order valence-electron chi connectivity index (χ3n) is 5.09. The molecular weight excluding hydrogens is 356 g/mol. The monoisotopic (exact) mass is 374 g/mol. The lowest BCUT2D eigenvalue weighted by atomic mass is 10.1. The topological polar surface area (TPSA) is 50.5 Å². The standard InChI is InChI=1S/C21H18N4OS/c1-14-12-19-22-23-21(25(19)18-9-5-3-7-16(14)18)27-13-20(26)24-11-10-15-6-2-4-8-17(15)24/h2-9,12H,10-11,13H2,1H3. The van der Waals surface area contributed by atoms with Gasteiger partial charge in [-0.05, 0) is 42.7 Å². The van der Waals surface area contributed by atoms with Gasteiger partial charge in [0, 0.05) is 17.6 Å². The molecule has 5 rings (SSSR count). The summed E-state index contributed by atoms with van der Waals surface area (Å²) in [5.74, 6) is 0.454. The predicted molar refractivity (Wildman–Crippen MR) is 108 cm³/mol. The maximum Gasteiger partial charge on any atom is 0.237 e. The van der Waals surface area contributed by atoms with Crippen LogP contribution in [0.2, 0.25) is 0 Å². The highest BCUT2D eigenvalue weighted by molar-refractivity contribution is 7.99. The Hall–Kier alpha value is -2.86. The fourth-order valence-electron chi connectivity index (χ4n) is 3.77. The molecule has 0 aliphatic carbocycles. The van der Waals surface area contributed by atoms with Crippen molar-refractivity contribution >= 4 is 39.9 Å². The first kappa shape index (κ1) is 16.3. The van der Waals surface area contributed by atoms with E-state index >= 15 is 0 Å². The summed E-state index contributed by atoms with van der Waals surface area (Å²) in [5, 5.41) is 10.6. The summed E-state index contributed by atoms with van der Waals surface area (Å²) in [6.07, 6.45) is 0.921. The molecule has 2 aromatic carbocycles. The molecule has 0 atom stereocenters. The zero-order chi connectivity index (χ0) is 18.4. The van der Waals surface area contributed by atoms with E-state index in [4.69, 9.17) is 0 Å². The molecule has 0 bridgehead atoms. The molecule has 4 aromatic rings. The van der Waals surface area contributed by atoms with Crippen molar-refractivity contribution in [2.75, 3.05) is 17.2 Å². The van der Waals surface area contributed by atoms with Crippen LogP contribution in [0.15, 0.2) is 59.8 Å². The summed E-state index contributed by atoms with van der Waals surface area (Å²) in [7, 11) is 0. The van der Waals surface area contributed by atoms with E-state index in [9.17, 15) is 4.79 Å². The average molecular weight is 374 g/mol. The van der Waals surface area contributed by atoms with Crippen molar-refractivity contribution < 1.29 is 4.79 Å². The zero-order valence-electron chi connectivity index (χ0n) is 14.9. The van der Waals surface area contributed by atoms with Gasteiger partial charge in [0.15, 0.2) is 10.8 Å². The van der Waals surface area contributed by atoms with Gasteiger partial charge in [0.2, 0.25) is 5.91 Å². The highest BCUT2D eigenvalue weighted by atomic mass is 32.2. The van der Waals surface area contributed by atoms with Gasteiger partial charge < -0.3 is 4.90 Å². The second kappa shape index (κ2) is 6.39. The summed E-state index contributed by atoms with van der Waals surface area (Å²) >= 11 is 1.45. The van der Waals surface area contributed by atoms with Crippen LogP contribution in [0.1, 0.15) is 11.1 Å². The van der Waals surface area contributed by atoms with Gasteiger partial charge in [-0.2, -0.15) is 0 Å². The molecule has 1 aliphatic rings. The number of carbonyl (C=O) groups excluding carboxylic acids is 1. The number of para-hydroxylation sites is 2. The van der Waals surface area contributed by atoms with E-state index in [1.807, 2.05) is 45.7 Å². The Morgan fingerprint density at radius 1 is 1.11 bits per heavy atom. The average Bonchev–Trinajstić information content (AvgIpc) is 3.30. The number of thioether (sulfide) groups is 1. The molecule has 0 spiro atoms. The molecule has 134 valence electrons. The van der Waals surface area contributed by atoms with Gasteiger partial charge in [-0.15, -0.1) is 10.2 Å². The maximum atomic E-state index is 12.8. The van der Waals surface area contributed by atoms with Crippen LogP contribution < -0.4 is 4.90 Å². The number of hydrogen-bond donors (Lipinski definition) is 0. The number of nitrogens with zero attached hydrogens (tertiary/aromatic N) is 4. The minimum atomic E-state index is 0.109. The lowest BCUT2D eigenvalue weighted by Gasteiger charge is -2.16. The van der Waals surface area contributed by atoms with Crippen molar-refractivity contribution in [2.24, 2.45) is 0 Å². The normalized spacial score (nSPS) is 13.4. The van der Waals surface area contributed by atoms with E-state index in [-0.39, 0.29) is 5.91 Å². The third kappa shape index (κ3) is 2.68. The molecule has 0 N–H and O–H groups in total. The Bertz CT molecular complexity index is 1180. The second-order valence-electron chi connectivity index (χ2n) is 6.73. The Labute approximate surface area is 161 Å². The smallest absolute Gasteiger partial charge is 0.237 e. The fraction of sp³-hybridized carbons (Fsp3) is 0.190. The molecule has 27 heavy (non-hydrogen) atoms. The number of fused-ring (bicyclic) bond motifs is 4. The number of benzene rings is 2. The van der Waals surface area contributed by atoms with Gasteiger partial charge in [0.25, 0.3) is 0 Å². The lowest BCUT2D eigenvalue weighted by molar-refractivity contribution is -0.116. The van der Waals surface area contributed by atoms with Gasteiger partial charge in [-0.1, -0.05) is 48.2 Å². The van der Waals surface area contributed by atoms with Gasteiger partial charge in [-0.3, -0.25) is 9.20 Å². The number of amides is 1. The van der Waals surface area contributed by atoms with E-state index in [0.29, 0.717) is 5.75 Å². The quantitative estimate of drug-likeness (QED) is 0.511. The van der Waals surface area contributed by atoms with E-state index in [1.165, 1.54) is 28.3 Å². The zero-order valence-corrected chi connectivity index (χ0v) is 15.7. The van der Waals surface area contributed by atoms with E-state index in [0.717, 1.165) is 35.0 Å². The van der Waals surface area contributed by atoms with Crippen LogP contribution in [0.4, 0.5) is 5.69 Å². The fourth-order valence-corrected chi connectivity index (χ4v) is 4.60. The van der Waals surface area contributed by atoms with Crippen LogP contribution in [0, 0.1) is 6.92 Å². The minimum absolute atomic E-state index is 0.109. The van der Waals surface area contributed by atoms with Gasteiger partial charge in [0.05, 0.1) is 11.3 Å². The summed E-state index contributed by atoms with van der Waals surface area (Å²) in [6.45, 7) is 2.83. The molecule has 0 saturated heterocycles. The first-order valence-corrected chi connectivity index (χ1v) is 9.95. The Morgan fingerprint density at radius 3 is 2.85 bits per heavy atom. The molecule has 3 heterocycles. The number of aromatic nitrogens is 3. The van der Waals surface area contributed by atoms with Crippen LogP contribution in [-0.2, 0) is 11.2 Å². The molecular formula is C21H18N4OS. The number of anilines is 1. The molecule has 2 aromatic heterocycles. The largest absolute Gasteiger partial charge is 0.311 e. The van der Waals surface area contributed by atoms with E-state index in [2.05, 4.69) is 35.3 Å². The van der Waals surface area contributed by atoms with Crippen molar-refractivity contribution in [1.29, 1.82) is 0 Å². The van der Waals surface area contributed by atoms with Crippen LogP contribution in [0.3, 0.4) is 0 Å². The first-order chi connectivity index (χ1) is 13.2. The molecule has 1 aliphatic heterocycles. The van der Waals surface area contributed by atoms with Crippen molar-refractivity contribution in [3.63, 3.8) is 0 Å². The third-order valence-corrected chi connectivity index (χ3v) is 6.00. The first-order valence-electron chi connectivity index (χ1n) is 8.97. The van der Waals surface area contributed by atoms with Crippen molar-refractivity contribution in [3.05, 3.63) is 65.7 Å². The molecule has 0 unspecified atom stereocenters. The van der Waals surface area contributed by atoms with Crippen LogP contribution in [0.5, 0.6) is 0 Å². The van der Waals surface area contributed by atoms with E-state index in [1.54, 1.807) is 0 Å². The highest BCUT2D eigenvalue weighted by Crippen LogP contribution is 2.30. The summed E-state index contributed by atoms with van der Waals surface area (Å²) < 4.78 is 2.04. The number of pyridine rings is 1. The molecule has 5 nitrogen and oxygen atoms in total. The maximum absolute atomic E-state index is 12.8. The number of aryl methyl sites for hydroxylation is 1. The van der Waals surface area contributed by atoms with E-state index < -0.39 is 0 Å². The number of hydrogen-bond acceptors (Lipinski definition) is 4. The summed E-state index contributed by atoms with van der Waals surface area (Å²) in [5.41, 5.74) is 5.33. The minimum Gasteiger partial charge on any atom is -0.311 e. The van der Waals surface area contributed by atoms with Crippen molar-refractivity contribution in [3.8, 4) is 0 Å². The second-order valence-corrected chi connectivity index (χ2v) is 7.68. The Balaban J connectivity index is 1.44. The Morgan fingerprint density at radius 2 is 1.93 bits per heavy atom. The summed E-state index contributed by atoms with van der Waals surface area (Å²) in [4.78, 5) is 14.7. The molecule has 0 radical (unpaired) electrons. The van der Waals surface area contributed by atoms with Crippen LogP contribution in [0.25, 0.3) is 16.6 Å². The van der Waals surface area contributed by atoms with Crippen molar-refractivity contribution in [1.82, 2.24) is 14.6 Å². The van der Waals surface area contributed by atoms with Crippen LogP contribution in [-0.4, -0.2) is 32.8 Å². The summed E-state index contributed by atoms with van der Waals surface area (Å²) in [6, 6.07) is 18.4. The Kier molecular flexibility index (Phi) is 3.86. The SMILES string of the molecule is Cc1cc2nnc(SCC(=O)N3CCc4ccccc43)n2c2ccccc12. The molecule has 0 fully saturated rings. The van der Waals surface area contributed by atoms with Crippen molar-refractivity contribution in [2.45, 2.75) is 18.5 Å². The van der Waals surface area contributed by atoms with Gasteiger partial charge in [0.1, 0.15) is 0 Å². The molecule has 0 saturated carbocycles. The van der Waals surface area contributed by atoms with Crippen LogP contribution >= 0.6 is 11.8 Å². The molecule has 1 amide bonds. The highest BCUT2D eigenvalue weighted by Gasteiger charge is 2.24.